The highest BCUT2D eigenvalue weighted by Gasteiger charge is 2.25. The normalized spacial score (nSPS) is 16.7. The lowest BCUT2D eigenvalue weighted by atomic mass is 10.1. The van der Waals surface area contributed by atoms with E-state index in [0.717, 1.165) is 16.9 Å². The van der Waals surface area contributed by atoms with Gasteiger partial charge in [0.2, 0.25) is 5.91 Å². The van der Waals surface area contributed by atoms with Crippen LogP contribution in [0.4, 0.5) is 4.79 Å². The van der Waals surface area contributed by atoms with Crippen molar-refractivity contribution >= 4 is 12.0 Å². The van der Waals surface area contributed by atoms with Gasteiger partial charge in [0, 0.05) is 32.0 Å². The molecule has 6 heteroatoms. The number of hydrogen-bond acceptors (Lipinski definition) is 4. The number of benzene rings is 3. The van der Waals surface area contributed by atoms with E-state index in [1.807, 2.05) is 83.8 Å². The predicted octanol–water partition coefficient (Wildman–Crippen LogP) is 5.50. The first-order valence-corrected chi connectivity index (χ1v) is 12.2. The van der Waals surface area contributed by atoms with Crippen LogP contribution in [0.25, 0.3) is 0 Å². The van der Waals surface area contributed by atoms with E-state index in [0.29, 0.717) is 38.8 Å². The molecule has 6 nitrogen and oxygen atoms in total. The van der Waals surface area contributed by atoms with Crippen LogP contribution in [0.15, 0.2) is 91.0 Å². The molecule has 0 aromatic heterocycles. The second-order valence-corrected chi connectivity index (χ2v) is 8.73. The van der Waals surface area contributed by atoms with Gasteiger partial charge in [-0.15, -0.1) is 0 Å². The van der Waals surface area contributed by atoms with Gasteiger partial charge in [0.25, 0.3) is 0 Å². The summed E-state index contributed by atoms with van der Waals surface area (Å²) in [5.74, 6) is 0.917. The Kier molecular flexibility index (Phi) is 8.76. The Balaban J connectivity index is 1.29. The Labute approximate surface area is 206 Å². The number of carbonyl (C=O) groups is 2. The molecular weight excluding hydrogens is 440 g/mol. The summed E-state index contributed by atoms with van der Waals surface area (Å²) in [4.78, 5) is 27.0. The molecule has 0 saturated carbocycles. The number of ether oxygens (including phenoxy) is 2. The maximum atomic E-state index is 12.8. The summed E-state index contributed by atoms with van der Waals surface area (Å²) in [5.41, 5.74) is 2.02. The molecule has 0 aliphatic carbocycles. The lowest BCUT2D eigenvalue weighted by Crippen LogP contribution is -2.36. The molecule has 3 aromatic rings. The fourth-order valence-corrected chi connectivity index (χ4v) is 4.25. The second-order valence-electron chi connectivity index (χ2n) is 8.73. The zero-order valence-electron chi connectivity index (χ0n) is 19.8. The maximum Gasteiger partial charge on any atom is 0.407 e. The van der Waals surface area contributed by atoms with Gasteiger partial charge in [-0.1, -0.05) is 78.9 Å². The van der Waals surface area contributed by atoms with Crippen LogP contribution in [-0.4, -0.2) is 36.0 Å². The fraction of sp³-hybridized carbons (Fsp3) is 0.310. The highest BCUT2D eigenvalue weighted by Crippen LogP contribution is 2.25. The lowest BCUT2D eigenvalue weighted by molar-refractivity contribution is -0.131. The van der Waals surface area contributed by atoms with E-state index in [1.165, 1.54) is 0 Å². The number of nitrogens with zero attached hydrogens (tertiary/aromatic N) is 1. The number of alkyl carbamates (subject to hydrolysis) is 1. The molecule has 2 amide bonds. The highest BCUT2D eigenvalue weighted by molar-refractivity contribution is 5.76. The Bertz CT molecular complexity index is 1060. The Hall–Kier alpha value is -3.80. The zero-order valence-corrected chi connectivity index (χ0v) is 19.8. The van der Waals surface area contributed by atoms with Crippen molar-refractivity contribution < 1.29 is 19.1 Å². The molecular formula is C29H32N2O4. The van der Waals surface area contributed by atoms with Crippen LogP contribution in [0.3, 0.4) is 0 Å². The third-order valence-corrected chi connectivity index (χ3v) is 6.20. The van der Waals surface area contributed by atoms with E-state index in [2.05, 4.69) is 17.4 Å². The van der Waals surface area contributed by atoms with E-state index < -0.39 is 6.09 Å². The van der Waals surface area contributed by atoms with Crippen LogP contribution < -0.4 is 10.1 Å². The number of hydrogen-bond donors (Lipinski definition) is 1. The predicted molar refractivity (Wildman–Crippen MR) is 135 cm³/mol. The average molecular weight is 473 g/mol. The topological polar surface area (TPSA) is 67.9 Å². The Morgan fingerprint density at radius 1 is 0.914 bits per heavy atom. The number of nitrogens with one attached hydrogen (secondary N) is 1. The molecule has 182 valence electrons. The summed E-state index contributed by atoms with van der Waals surface area (Å²) < 4.78 is 11.6. The molecule has 35 heavy (non-hydrogen) atoms. The van der Waals surface area contributed by atoms with Gasteiger partial charge < -0.3 is 19.7 Å². The zero-order chi connectivity index (χ0) is 24.3. The van der Waals surface area contributed by atoms with Crippen molar-refractivity contribution in [2.75, 3.05) is 13.1 Å². The van der Waals surface area contributed by atoms with Crippen molar-refractivity contribution in [3.05, 3.63) is 102 Å². The number of likely N-dealkylation sites (tertiary alicyclic amines) is 1. The number of carbonyl (C=O) groups excluding carboxylic acids is 2. The van der Waals surface area contributed by atoms with Crippen molar-refractivity contribution in [3.63, 3.8) is 0 Å². The van der Waals surface area contributed by atoms with E-state index in [-0.39, 0.29) is 24.7 Å². The summed E-state index contributed by atoms with van der Waals surface area (Å²) in [6.45, 7) is 1.42. The standard InChI is InChI=1S/C29H32N2O4/c32-28-17-16-25(30-29(33)34-22-23-10-4-1-5-11-23)18-20-31(28)21-19-27(24-12-6-2-7-13-24)35-26-14-8-3-9-15-26/h1-15,25,27H,16-22H2,(H,30,33)/t25-,27+/m1/s1. The van der Waals surface area contributed by atoms with Crippen molar-refractivity contribution in [1.82, 2.24) is 10.2 Å². The Morgan fingerprint density at radius 3 is 2.29 bits per heavy atom. The van der Waals surface area contributed by atoms with Gasteiger partial charge in [0.1, 0.15) is 18.5 Å². The van der Waals surface area contributed by atoms with Gasteiger partial charge in [0.15, 0.2) is 0 Å². The van der Waals surface area contributed by atoms with Gasteiger partial charge in [0.05, 0.1) is 0 Å². The molecule has 1 saturated heterocycles. The smallest absolute Gasteiger partial charge is 0.407 e. The van der Waals surface area contributed by atoms with Crippen molar-refractivity contribution in [1.29, 1.82) is 0 Å². The van der Waals surface area contributed by atoms with Crippen LogP contribution >= 0.6 is 0 Å². The van der Waals surface area contributed by atoms with E-state index in [1.54, 1.807) is 0 Å². The molecule has 1 fully saturated rings. The Morgan fingerprint density at radius 2 is 1.57 bits per heavy atom. The SMILES string of the molecule is O=C(N[C@@H]1CCC(=O)N(CC[C@H](Oc2ccccc2)c2ccccc2)CC1)OCc1ccccc1. The summed E-state index contributed by atoms with van der Waals surface area (Å²) in [5, 5.41) is 2.93. The molecule has 0 radical (unpaired) electrons. The van der Waals surface area contributed by atoms with Gasteiger partial charge in [-0.3, -0.25) is 4.79 Å². The third kappa shape index (κ3) is 7.60. The van der Waals surface area contributed by atoms with Crippen LogP contribution in [0.1, 0.15) is 42.9 Å². The van der Waals surface area contributed by atoms with Crippen molar-refractivity contribution in [2.45, 2.75) is 44.4 Å². The molecule has 0 bridgehead atoms. The average Bonchev–Trinajstić information content (AvgIpc) is 3.08. The van der Waals surface area contributed by atoms with Crippen LogP contribution in [-0.2, 0) is 16.1 Å². The molecule has 0 spiro atoms. The first-order valence-electron chi connectivity index (χ1n) is 12.2. The second kappa shape index (κ2) is 12.6. The highest BCUT2D eigenvalue weighted by atomic mass is 16.5. The van der Waals surface area contributed by atoms with Gasteiger partial charge in [-0.25, -0.2) is 4.79 Å². The molecule has 4 rings (SSSR count). The minimum Gasteiger partial charge on any atom is -0.486 e. The summed E-state index contributed by atoms with van der Waals surface area (Å²) in [7, 11) is 0. The van der Waals surface area contributed by atoms with Gasteiger partial charge >= 0.3 is 6.09 Å². The van der Waals surface area contributed by atoms with Crippen LogP contribution in [0.5, 0.6) is 5.75 Å². The number of rotatable bonds is 9. The van der Waals surface area contributed by atoms with Crippen molar-refractivity contribution in [2.24, 2.45) is 0 Å². The maximum absolute atomic E-state index is 12.8. The summed E-state index contributed by atoms with van der Waals surface area (Å²) in [6, 6.07) is 29.3. The molecule has 2 atom stereocenters. The van der Waals surface area contributed by atoms with E-state index >= 15 is 0 Å². The quantitative estimate of drug-likeness (QED) is 0.446. The molecule has 1 heterocycles. The largest absolute Gasteiger partial charge is 0.486 e. The van der Waals surface area contributed by atoms with Gasteiger partial charge in [-0.05, 0) is 36.1 Å². The summed E-state index contributed by atoms with van der Waals surface area (Å²) >= 11 is 0. The summed E-state index contributed by atoms with van der Waals surface area (Å²) in [6.07, 6.45) is 1.79. The first-order chi connectivity index (χ1) is 17.2. The van der Waals surface area contributed by atoms with Crippen molar-refractivity contribution in [3.8, 4) is 5.75 Å². The molecule has 1 N–H and O–H groups in total. The monoisotopic (exact) mass is 472 g/mol. The molecule has 0 unspecified atom stereocenters. The number of para-hydroxylation sites is 1. The van der Waals surface area contributed by atoms with E-state index in [9.17, 15) is 9.59 Å². The van der Waals surface area contributed by atoms with E-state index in [4.69, 9.17) is 9.47 Å². The minimum atomic E-state index is -0.444. The number of amides is 2. The van der Waals surface area contributed by atoms with Crippen LogP contribution in [0.2, 0.25) is 0 Å². The lowest BCUT2D eigenvalue weighted by Gasteiger charge is -2.25. The minimum absolute atomic E-state index is 0.0855. The third-order valence-electron chi connectivity index (χ3n) is 6.20. The van der Waals surface area contributed by atoms with Gasteiger partial charge in [-0.2, -0.15) is 0 Å². The molecule has 3 aromatic carbocycles. The first kappa shape index (κ1) is 24.3. The molecule has 1 aliphatic heterocycles. The van der Waals surface area contributed by atoms with Crippen LogP contribution in [0, 0.1) is 0 Å². The molecule has 1 aliphatic rings. The fourth-order valence-electron chi connectivity index (χ4n) is 4.25.